The molecule has 1 aliphatic rings. The highest BCUT2D eigenvalue weighted by Crippen LogP contribution is 2.32. The summed E-state index contributed by atoms with van der Waals surface area (Å²) in [5.74, 6) is 0.398. The number of nitro groups is 1. The van der Waals surface area contributed by atoms with Crippen LogP contribution in [0, 0.1) is 10.1 Å². The standard InChI is InChI=1S/C15H22N2O3/c1-11(2)16-10-12-7-8-15(14(9-12)17(18)19)20-13-5-3-4-6-13/h7-9,11,13,16H,3-6,10H2,1-2H3. The normalized spacial score (nSPS) is 15.8. The summed E-state index contributed by atoms with van der Waals surface area (Å²) in [6, 6.07) is 5.59. The van der Waals surface area contributed by atoms with Crippen LogP contribution in [-0.4, -0.2) is 17.1 Å². The van der Waals surface area contributed by atoms with Crippen LogP contribution in [0.1, 0.15) is 45.1 Å². The molecule has 1 aliphatic carbocycles. The Morgan fingerprint density at radius 1 is 1.40 bits per heavy atom. The zero-order chi connectivity index (χ0) is 14.5. The van der Waals surface area contributed by atoms with Gasteiger partial charge < -0.3 is 10.1 Å². The number of nitrogens with zero attached hydrogens (tertiary/aromatic N) is 1. The van der Waals surface area contributed by atoms with Gasteiger partial charge in [-0.15, -0.1) is 0 Å². The molecule has 110 valence electrons. The molecular formula is C15H22N2O3. The van der Waals surface area contributed by atoms with Crippen molar-refractivity contribution in [2.45, 2.75) is 58.2 Å². The van der Waals surface area contributed by atoms with Crippen LogP contribution in [0.2, 0.25) is 0 Å². The minimum Gasteiger partial charge on any atom is -0.484 e. The first-order valence-corrected chi connectivity index (χ1v) is 7.23. The fourth-order valence-corrected chi connectivity index (χ4v) is 2.42. The predicted molar refractivity (Wildman–Crippen MR) is 78.0 cm³/mol. The van der Waals surface area contributed by atoms with Crippen LogP contribution < -0.4 is 10.1 Å². The molecule has 1 fully saturated rings. The zero-order valence-electron chi connectivity index (χ0n) is 12.1. The Labute approximate surface area is 119 Å². The Morgan fingerprint density at radius 3 is 2.70 bits per heavy atom. The summed E-state index contributed by atoms with van der Waals surface area (Å²) in [6.45, 7) is 4.72. The van der Waals surface area contributed by atoms with Gasteiger partial charge in [-0.1, -0.05) is 19.9 Å². The van der Waals surface area contributed by atoms with E-state index in [4.69, 9.17) is 4.74 Å². The van der Waals surface area contributed by atoms with Gasteiger partial charge in [-0.2, -0.15) is 0 Å². The summed E-state index contributed by atoms with van der Waals surface area (Å²) >= 11 is 0. The van der Waals surface area contributed by atoms with Gasteiger partial charge in [0.05, 0.1) is 11.0 Å². The van der Waals surface area contributed by atoms with Gasteiger partial charge in [0.1, 0.15) is 0 Å². The van der Waals surface area contributed by atoms with Crippen molar-refractivity contribution in [3.8, 4) is 5.75 Å². The van der Waals surface area contributed by atoms with Gasteiger partial charge in [0.25, 0.3) is 0 Å². The van der Waals surface area contributed by atoms with E-state index < -0.39 is 0 Å². The van der Waals surface area contributed by atoms with Crippen LogP contribution in [0.5, 0.6) is 5.75 Å². The van der Waals surface area contributed by atoms with E-state index >= 15 is 0 Å². The maximum absolute atomic E-state index is 11.2. The highest BCUT2D eigenvalue weighted by atomic mass is 16.6. The van der Waals surface area contributed by atoms with Crippen molar-refractivity contribution < 1.29 is 9.66 Å². The molecule has 0 saturated heterocycles. The second kappa shape index (κ2) is 6.70. The fraction of sp³-hybridized carbons (Fsp3) is 0.600. The molecule has 0 spiro atoms. The second-order valence-corrected chi connectivity index (χ2v) is 5.62. The van der Waals surface area contributed by atoms with E-state index in [1.54, 1.807) is 12.1 Å². The number of benzene rings is 1. The number of hydrogen-bond donors (Lipinski definition) is 1. The van der Waals surface area contributed by atoms with Crippen LogP contribution in [-0.2, 0) is 6.54 Å². The van der Waals surface area contributed by atoms with Crippen molar-refractivity contribution >= 4 is 5.69 Å². The third-order valence-electron chi connectivity index (χ3n) is 3.53. The van der Waals surface area contributed by atoms with E-state index in [0.29, 0.717) is 18.3 Å². The third kappa shape index (κ3) is 3.93. The molecule has 1 aromatic carbocycles. The summed E-state index contributed by atoms with van der Waals surface area (Å²) in [6.07, 6.45) is 4.42. The second-order valence-electron chi connectivity index (χ2n) is 5.62. The quantitative estimate of drug-likeness (QED) is 0.639. The molecule has 1 aromatic rings. The van der Waals surface area contributed by atoms with Crippen molar-refractivity contribution in [3.05, 3.63) is 33.9 Å². The smallest absolute Gasteiger partial charge is 0.311 e. The van der Waals surface area contributed by atoms with Gasteiger partial charge in [0.2, 0.25) is 0 Å². The van der Waals surface area contributed by atoms with E-state index in [1.807, 2.05) is 19.9 Å². The van der Waals surface area contributed by atoms with Crippen LogP contribution in [0.15, 0.2) is 18.2 Å². The number of rotatable bonds is 6. The van der Waals surface area contributed by atoms with Crippen molar-refractivity contribution in [1.29, 1.82) is 0 Å². The monoisotopic (exact) mass is 278 g/mol. The molecule has 5 heteroatoms. The Hall–Kier alpha value is -1.62. The van der Waals surface area contributed by atoms with Crippen molar-refractivity contribution in [2.24, 2.45) is 0 Å². The lowest BCUT2D eigenvalue weighted by atomic mass is 10.1. The number of hydrogen-bond acceptors (Lipinski definition) is 4. The highest BCUT2D eigenvalue weighted by Gasteiger charge is 2.22. The number of nitro benzene ring substituents is 1. The maximum Gasteiger partial charge on any atom is 0.311 e. The summed E-state index contributed by atoms with van der Waals surface area (Å²) in [5.41, 5.74) is 0.976. The van der Waals surface area contributed by atoms with Crippen molar-refractivity contribution in [3.63, 3.8) is 0 Å². The summed E-state index contributed by atoms with van der Waals surface area (Å²) in [4.78, 5) is 10.8. The third-order valence-corrected chi connectivity index (χ3v) is 3.53. The van der Waals surface area contributed by atoms with Gasteiger partial charge >= 0.3 is 5.69 Å². The van der Waals surface area contributed by atoms with E-state index in [0.717, 1.165) is 31.2 Å². The van der Waals surface area contributed by atoms with Crippen molar-refractivity contribution in [2.75, 3.05) is 0 Å². The predicted octanol–water partition coefficient (Wildman–Crippen LogP) is 3.41. The highest BCUT2D eigenvalue weighted by molar-refractivity contribution is 5.48. The van der Waals surface area contributed by atoms with Gasteiger partial charge in [0.15, 0.2) is 5.75 Å². The van der Waals surface area contributed by atoms with E-state index in [2.05, 4.69) is 5.32 Å². The largest absolute Gasteiger partial charge is 0.484 e. The Kier molecular flexibility index (Phi) is 4.95. The minimum atomic E-state index is -0.358. The molecule has 0 heterocycles. The molecule has 0 radical (unpaired) electrons. The molecule has 0 aliphatic heterocycles. The molecule has 0 bridgehead atoms. The van der Waals surface area contributed by atoms with Gasteiger partial charge in [-0.25, -0.2) is 0 Å². The van der Waals surface area contributed by atoms with Crippen molar-refractivity contribution in [1.82, 2.24) is 5.32 Å². The van der Waals surface area contributed by atoms with Gasteiger partial charge in [-0.05, 0) is 37.3 Å². The molecule has 5 nitrogen and oxygen atoms in total. The fourth-order valence-electron chi connectivity index (χ4n) is 2.42. The van der Waals surface area contributed by atoms with Crippen LogP contribution in [0.25, 0.3) is 0 Å². The van der Waals surface area contributed by atoms with Gasteiger partial charge in [-0.3, -0.25) is 10.1 Å². The molecule has 0 unspecified atom stereocenters. The van der Waals surface area contributed by atoms with Crippen LogP contribution in [0.3, 0.4) is 0 Å². The van der Waals surface area contributed by atoms with Gasteiger partial charge in [0, 0.05) is 18.7 Å². The Balaban J connectivity index is 2.12. The average molecular weight is 278 g/mol. The molecule has 0 atom stereocenters. The minimum absolute atomic E-state index is 0.0694. The lowest BCUT2D eigenvalue weighted by molar-refractivity contribution is -0.386. The SMILES string of the molecule is CC(C)NCc1ccc(OC2CCCC2)c([N+](=O)[O-])c1. The van der Waals surface area contributed by atoms with E-state index in [-0.39, 0.29) is 16.7 Å². The first-order chi connectivity index (χ1) is 9.56. The first kappa shape index (κ1) is 14.8. The summed E-state index contributed by atoms with van der Waals surface area (Å²) in [7, 11) is 0. The zero-order valence-corrected chi connectivity index (χ0v) is 12.1. The van der Waals surface area contributed by atoms with E-state index in [9.17, 15) is 10.1 Å². The lowest BCUT2D eigenvalue weighted by Gasteiger charge is -2.14. The summed E-state index contributed by atoms with van der Waals surface area (Å²) in [5, 5.41) is 14.4. The molecule has 2 rings (SSSR count). The Morgan fingerprint density at radius 2 is 2.10 bits per heavy atom. The van der Waals surface area contributed by atoms with E-state index in [1.165, 1.54) is 0 Å². The Bertz CT molecular complexity index is 468. The maximum atomic E-state index is 11.2. The molecule has 0 aromatic heterocycles. The molecule has 1 saturated carbocycles. The lowest BCUT2D eigenvalue weighted by Crippen LogP contribution is -2.21. The average Bonchev–Trinajstić information content (AvgIpc) is 2.90. The molecule has 20 heavy (non-hydrogen) atoms. The summed E-state index contributed by atoms with van der Waals surface area (Å²) < 4.78 is 5.79. The van der Waals surface area contributed by atoms with Crippen LogP contribution in [0.4, 0.5) is 5.69 Å². The van der Waals surface area contributed by atoms with Crippen LogP contribution >= 0.6 is 0 Å². The topological polar surface area (TPSA) is 64.4 Å². The molecular weight excluding hydrogens is 256 g/mol. The molecule has 0 amide bonds. The number of nitrogens with one attached hydrogen (secondary N) is 1. The first-order valence-electron chi connectivity index (χ1n) is 7.23. The molecule has 1 N–H and O–H groups in total. The number of ether oxygens (including phenoxy) is 1.